The highest BCUT2D eigenvalue weighted by Crippen LogP contribution is 2.44. The van der Waals surface area contributed by atoms with Crippen molar-refractivity contribution in [1.82, 2.24) is 19.7 Å². The molecule has 6 nitrogen and oxygen atoms in total. The molecule has 0 fully saturated rings. The van der Waals surface area contributed by atoms with E-state index in [1.165, 1.54) is 24.3 Å². The molecule has 0 saturated heterocycles. The Kier molecular flexibility index (Phi) is 4.47. The van der Waals surface area contributed by atoms with Gasteiger partial charge in [0.25, 0.3) is 0 Å². The largest absolute Gasteiger partial charge is 0.302 e. The molecule has 1 aliphatic carbocycles. The molecule has 5 rings (SSSR count). The molecule has 0 atom stereocenters. The van der Waals surface area contributed by atoms with E-state index in [9.17, 15) is 9.18 Å². The van der Waals surface area contributed by atoms with Gasteiger partial charge in [-0.05, 0) is 37.1 Å². The average molecular weight is 415 g/mol. The van der Waals surface area contributed by atoms with E-state index in [2.05, 4.69) is 15.3 Å². The fraction of sp³-hybridized carbons (Fsp3) is 0.143. The highest BCUT2D eigenvalue weighted by atomic mass is 32.1. The van der Waals surface area contributed by atoms with Crippen LogP contribution in [0.25, 0.3) is 27.5 Å². The van der Waals surface area contributed by atoms with E-state index in [0.29, 0.717) is 29.1 Å². The molecule has 1 aliphatic rings. The smallest absolute Gasteiger partial charge is 0.223 e. The van der Waals surface area contributed by atoms with Crippen LogP contribution in [0.2, 0.25) is 0 Å². The van der Waals surface area contributed by atoms with Crippen molar-refractivity contribution in [2.75, 3.05) is 5.32 Å². The minimum absolute atomic E-state index is 0.185. The number of amides is 1. The first-order valence-electron chi connectivity index (χ1n) is 9.36. The maximum absolute atomic E-state index is 14.8. The number of hydrogen-bond acceptors (Lipinski definition) is 5. The van der Waals surface area contributed by atoms with E-state index in [4.69, 9.17) is 12.9 Å². The number of benzene rings is 1. The molecule has 0 spiro atoms. The van der Waals surface area contributed by atoms with Gasteiger partial charge in [0.2, 0.25) is 5.91 Å². The SMILES string of the molecule is [B]c1ccc(-n2nc(-c3cccnc3)c3c2-c2sc(NC(C)=O)nc2CC3)c(F)c1. The van der Waals surface area contributed by atoms with Gasteiger partial charge in [0.1, 0.15) is 19.4 Å². The van der Waals surface area contributed by atoms with Crippen molar-refractivity contribution < 1.29 is 9.18 Å². The summed E-state index contributed by atoms with van der Waals surface area (Å²) in [7, 11) is 5.74. The first kappa shape index (κ1) is 18.7. The number of halogens is 1. The van der Waals surface area contributed by atoms with Crippen molar-refractivity contribution in [1.29, 1.82) is 0 Å². The number of rotatable bonds is 3. The molecule has 9 heteroatoms. The van der Waals surface area contributed by atoms with Gasteiger partial charge in [0.15, 0.2) is 5.13 Å². The summed E-state index contributed by atoms with van der Waals surface area (Å²) in [5.74, 6) is -0.646. The maximum atomic E-state index is 14.8. The number of fused-ring (bicyclic) bond motifs is 3. The number of anilines is 1. The molecule has 2 radical (unpaired) electrons. The number of nitrogens with zero attached hydrogens (tertiary/aromatic N) is 4. The van der Waals surface area contributed by atoms with Crippen LogP contribution in [0.15, 0.2) is 42.7 Å². The lowest BCUT2D eigenvalue weighted by Crippen LogP contribution is -2.10. The summed E-state index contributed by atoms with van der Waals surface area (Å²) in [5, 5.41) is 8.05. The molecule has 3 heterocycles. The van der Waals surface area contributed by atoms with Crippen molar-refractivity contribution in [3.63, 3.8) is 0 Å². The molecule has 146 valence electrons. The Morgan fingerprint density at radius 1 is 1.30 bits per heavy atom. The van der Waals surface area contributed by atoms with Gasteiger partial charge in [-0.25, -0.2) is 14.1 Å². The zero-order chi connectivity index (χ0) is 20.8. The standard InChI is InChI=1S/C21H15BFN5OS/c1-11(29)25-21-26-16-6-5-14-18(12-3-2-8-24-10-12)27-28(19(14)20(16)30-21)17-7-4-13(22)9-15(17)23/h2-4,7-10H,5-6H2,1H3,(H,25,26,29). The van der Waals surface area contributed by atoms with E-state index >= 15 is 0 Å². The Labute approximate surface area is 177 Å². The second-order valence-corrected chi connectivity index (χ2v) is 8.02. The van der Waals surface area contributed by atoms with Crippen LogP contribution in [0, 0.1) is 5.82 Å². The van der Waals surface area contributed by atoms with Gasteiger partial charge in [-0.3, -0.25) is 9.78 Å². The van der Waals surface area contributed by atoms with Crippen molar-refractivity contribution >= 4 is 35.7 Å². The van der Waals surface area contributed by atoms with Crippen LogP contribution in [0.5, 0.6) is 0 Å². The van der Waals surface area contributed by atoms with Crippen LogP contribution in [0.1, 0.15) is 18.2 Å². The Bertz CT molecular complexity index is 1280. The normalized spacial score (nSPS) is 12.3. The van der Waals surface area contributed by atoms with Crippen LogP contribution in [-0.4, -0.2) is 33.5 Å². The molecule has 0 bridgehead atoms. The number of pyridine rings is 1. The fourth-order valence-corrected chi connectivity index (χ4v) is 4.79. The summed E-state index contributed by atoms with van der Waals surface area (Å²) >= 11 is 1.37. The first-order chi connectivity index (χ1) is 14.5. The van der Waals surface area contributed by atoms with E-state index in [0.717, 1.165) is 33.1 Å². The Hall–Kier alpha value is -3.33. The van der Waals surface area contributed by atoms with Gasteiger partial charge in [0.05, 0.1) is 22.0 Å². The molecule has 1 N–H and O–H groups in total. The van der Waals surface area contributed by atoms with E-state index in [-0.39, 0.29) is 5.91 Å². The van der Waals surface area contributed by atoms with E-state index < -0.39 is 5.82 Å². The topological polar surface area (TPSA) is 72.7 Å². The lowest BCUT2D eigenvalue weighted by atomic mass is 9.95. The molecule has 30 heavy (non-hydrogen) atoms. The average Bonchev–Trinajstić information content (AvgIpc) is 3.29. The molecule has 0 aliphatic heterocycles. The van der Waals surface area contributed by atoms with Crippen LogP contribution in [0.3, 0.4) is 0 Å². The molecule has 4 aromatic rings. The fourth-order valence-electron chi connectivity index (χ4n) is 3.68. The third-order valence-electron chi connectivity index (χ3n) is 4.93. The zero-order valence-corrected chi connectivity index (χ0v) is 16.8. The van der Waals surface area contributed by atoms with Crippen LogP contribution in [-0.2, 0) is 17.6 Å². The predicted octanol–water partition coefficient (Wildman–Crippen LogP) is 3.05. The number of aromatic nitrogens is 4. The molecule has 0 unspecified atom stereocenters. The van der Waals surface area contributed by atoms with E-state index in [1.807, 2.05) is 12.1 Å². The van der Waals surface area contributed by atoms with Gasteiger partial charge < -0.3 is 5.32 Å². The summed E-state index contributed by atoms with van der Waals surface area (Å²) in [6.45, 7) is 1.44. The predicted molar refractivity (Wildman–Crippen MR) is 115 cm³/mol. The lowest BCUT2D eigenvalue weighted by Gasteiger charge is -2.14. The van der Waals surface area contributed by atoms with E-state index in [1.54, 1.807) is 29.2 Å². The Morgan fingerprint density at radius 2 is 2.17 bits per heavy atom. The summed E-state index contributed by atoms with van der Waals surface area (Å²) in [6, 6.07) is 8.33. The second kappa shape index (κ2) is 7.18. The summed E-state index contributed by atoms with van der Waals surface area (Å²) < 4.78 is 16.5. The minimum atomic E-state index is -0.461. The van der Waals surface area contributed by atoms with Crippen LogP contribution >= 0.6 is 11.3 Å². The molecular weight excluding hydrogens is 400 g/mol. The summed E-state index contributed by atoms with van der Waals surface area (Å²) in [4.78, 5) is 21.1. The number of nitrogens with one attached hydrogen (secondary N) is 1. The quantitative estimate of drug-likeness (QED) is 0.522. The van der Waals surface area contributed by atoms with Crippen LogP contribution in [0.4, 0.5) is 9.52 Å². The molecule has 1 aromatic carbocycles. The van der Waals surface area contributed by atoms with Crippen molar-refractivity contribution in [3.05, 3.63) is 59.8 Å². The maximum Gasteiger partial charge on any atom is 0.223 e. The first-order valence-corrected chi connectivity index (χ1v) is 10.2. The highest BCUT2D eigenvalue weighted by molar-refractivity contribution is 7.19. The summed E-state index contributed by atoms with van der Waals surface area (Å²) in [6.07, 6.45) is 4.86. The minimum Gasteiger partial charge on any atom is -0.302 e. The van der Waals surface area contributed by atoms with Crippen molar-refractivity contribution in [3.8, 4) is 27.5 Å². The lowest BCUT2D eigenvalue weighted by molar-refractivity contribution is -0.114. The van der Waals surface area contributed by atoms with Gasteiger partial charge in [-0.15, -0.1) is 0 Å². The van der Waals surface area contributed by atoms with Crippen LogP contribution < -0.4 is 10.8 Å². The molecule has 0 saturated carbocycles. The number of hydrogen-bond donors (Lipinski definition) is 1. The van der Waals surface area contributed by atoms with Gasteiger partial charge in [-0.1, -0.05) is 22.9 Å². The number of aryl methyl sites for hydroxylation is 1. The summed E-state index contributed by atoms with van der Waals surface area (Å²) in [5.41, 5.74) is 4.92. The zero-order valence-electron chi connectivity index (χ0n) is 16.0. The number of carbonyl (C=O) groups is 1. The second-order valence-electron chi connectivity index (χ2n) is 7.02. The molecule has 3 aromatic heterocycles. The Morgan fingerprint density at radius 3 is 2.90 bits per heavy atom. The van der Waals surface area contributed by atoms with Crippen molar-refractivity contribution in [2.45, 2.75) is 19.8 Å². The molecule has 1 amide bonds. The van der Waals surface area contributed by atoms with Gasteiger partial charge in [-0.2, -0.15) is 5.10 Å². The third kappa shape index (κ3) is 3.11. The molecular formula is C21H15BFN5OS. The number of thiazole rings is 1. The van der Waals surface area contributed by atoms with Gasteiger partial charge in [0, 0.05) is 30.4 Å². The van der Waals surface area contributed by atoms with Gasteiger partial charge >= 0.3 is 0 Å². The van der Waals surface area contributed by atoms with Crippen molar-refractivity contribution in [2.24, 2.45) is 0 Å². The Balaban J connectivity index is 1.77. The highest BCUT2D eigenvalue weighted by Gasteiger charge is 2.30. The monoisotopic (exact) mass is 415 g/mol. The number of carbonyl (C=O) groups excluding carboxylic acids is 1. The third-order valence-corrected chi connectivity index (χ3v) is 5.95.